The van der Waals surface area contributed by atoms with E-state index in [1.54, 1.807) is 12.5 Å². The van der Waals surface area contributed by atoms with Crippen LogP contribution in [-0.4, -0.2) is 39.9 Å². The Morgan fingerprint density at radius 1 is 0.291 bits per heavy atom. The lowest BCUT2D eigenvalue weighted by atomic mass is 10.1. The van der Waals surface area contributed by atoms with Crippen molar-refractivity contribution in [3.8, 4) is 56.9 Å². The fourth-order valence-electron chi connectivity index (χ4n) is 5.95. The number of nitrogens with zero attached hydrogens (tertiary/aromatic N) is 7. The van der Waals surface area contributed by atoms with E-state index in [9.17, 15) is 0 Å². The minimum absolute atomic E-state index is 0.684. The molecule has 0 spiro atoms. The summed E-state index contributed by atoms with van der Waals surface area (Å²) in [5.74, 6) is 3.45. The predicted molar refractivity (Wildman–Crippen MR) is 220 cm³/mol. The molecule has 4 aromatic heterocycles. The van der Waals surface area contributed by atoms with Crippen LogP contribution < -0.4 is 0 Å². The fraction of sp³-hybridized carbons (Fsp3) is 0. The summed E-state index contributed by atoms with van der Waals surface area (Å²) in [4.78, 5) is 34.5. The number of pyridine rings is 1. The molecule has 6 aromatic carbocycles. The van der Waals surface area contributed by atoms with E-state index < -0.39 is 0 Å². The summed E-state index contributed by atoms with van der Waals surface area (Å²) >= 11 is 0. The van der Waals surface area contributed by atoms with Crippen molar-refractivity contribution in [3.63, 3.8) is 0 Å². The van der Waals surface area contributed by atoms with Crippen molar-refractivity contribution in [2.45, 2.75) is 0 Å². The molecule has 55 heavy (non-hydrogen) atoms. The monoisotopic (exact) mass is 710 g/mol. The Morgan fingerprint density at radius 2 is 0.636 bits per heavy atom. The number of rotatable bonds is 5. The highest BCUT2D eigenvalue weighted by molar-refractivity contribution is 6.05. The van der Waals surface area contributed by atoms with Gasteiger partial charge in [-0.1, -0.05) is 170 Å². The maximum atomic E-state index is 4.68. The molecule has 0 aliphatic heterocycles. The quantitative estimate of drug-likeness (QED) is 0.189. The van der Waals surface area contributed by atoms with Crippen LogP contribution in [0.15, 0.2) is 201 Å². The molecule has 0 saturated heterocycles. The molecule has 4 heterocycles. The van der Waals surface area contributed by atoms with Gasteiger partial charge in [0.1, 0.15) is 12.0 Å². The largest absolute Gasteiger partial charge is 0.339 e. The van der Waals surface area contributed by atoms with Crippen LogP contribution >= 0.6 is 0 Å². The Labute approximate surface area is 318 Å². The van der Waals surface area contributed by atoms with Gasteiger partial charge in [-0.3, -0.25) is 0 Å². The highest BCUT2D eigenvalue weighted by Crippen LogP contribution is 2.25. The van der Waals surface area contributed by atoms with Crippen molar-refractivity contribution in [2.75, 3.05) is 0 Å². The first-order chi connectivity index (χ1) is 27.3. The molecule has 1 N–H and O–H groups in total. The zero-order valence-corrected chi connectivity index (χ0v) is 29.7. The minimum Gasteiger partial charge on any atom is -0.339 e. The summed E-state index contributed by atoms with van der Waals surface area (Å²) in [6.07, 6.45) is 3.36. The maximum Gasteiger partial charge on any atom is 0.164 e. The molecular weight excluding hydrogens is 677 g/mol. The Balaban J connectivity index is 0.000000122. The molecule has 0 radical (unpaired) electrons. The topological polar surface area (TPSA) is 106 Å². The molecule has 262 valence electrons. The van der Waals surface area contributed by atoms with E-state index in [2.05, 4.69) is 58.1 Å². The summed E-state index contributed by atoms with van der Waals surface area (Å²) in [5.41, 5.74) is 7.05. The SMILES string of the molecule is c1ccc(-c2nc(-c3ccccc3)nc(-c3ccccc3)n2)cc1.c1ccc(-c2ncnc(-c3ccccc3)n2)cc1.c1ccc2c(c1)[nH]c1ncccc12. The van der Waals surface area contributed by atoms with Crippen molar-refractivity contribution in [2.24, 2.45) is 0 Å². The lowest BCUT2D eigenvalue weighted by Crippen LogP contribution is -1.99. The van der Waals surface area contributed by atoms with Crippen molar-refractivity contribution < 1.29 is 0 Å². The molecular formula is C47H34N8. The summed E-state index contributed by atoms with van der Waals surface area (Å²) < 4.78 is 0. The highest BCUT2D eigenvalue weighted by Gasteiger charge is 2.11. The maximum absolute atomic E-state index is 4.68. The van der Waals surface area contributed by atoms with Crippen molar-refractivity contribution in [3.05, 3.63) is 201 Å². The van der Waals surface area contributed by atoms with Crippen LogP contribution in [0.5, 0.6) is 0 Å². The van der Waals surface area contributed by atoms with Gasteiger partial charge < -0.3 is 4.98 Å². The lowest BCUT2D eigenvalue weighted by molar-refractivity contribution is 1.07. The molecule has 8 nitrogen and oxygen atoms in total. The Bertz CT molecular complexity index is 2500. The Kier molecular flexibility index (Phi) is 10.5. The van der Waals surface area contributed by atoms with Gasteiger partial charge in [-0.05, 0) is 18.2 Å². The van der Waals surface area contributed by atoms with Gasteiger partial charge in [-0.25, -0.2) is 34.9 Å². The van der Waals surface area contributed by atoms with Gasteiger partial charge >= 0.3 is 0 Å². The van der Waals surface area contributed by atoms with Crippen LogP contribution in [0, 0.1) is 0 Å². The van der Waals surface area contributed by atoms with Crippen LogP contribution in [-0.2, 0) is 0 Å². The molecule has 0 aliphatic carbocycles. The molecule has 0 amide bonds. The standard InChI is InChI=1S/C21H15N3.C15H11N3.C11H8N2/c1-4-10-16(11-5-1)19-22-20(17-12-6-2-7-13-17)24-21(23-19)18-14-8-3-9-15-18;1-3-7-12(8-4-1)14-16-11-17-15(18-14)13-9-5-2-6-10-13;1-2-6-10-8(4-1)9-5-3-7-12-11(9)13-10/h1-15H;1-11H;1-7H,(H,12,13). The third kappa shape index (κ3) is 8.35. The number of benzene rings is 6. The number of aromatic nitrogens is 8. The van der Waals surface area contributed by atoms with Crippen molar-refractivity contribution in [1.29, 1.82) is 0 Å². The first-order valence-electron chi connectivity index (χ1n) is 17.8. The van der Waals surface area contributed by atoms with Crippen LogP contribution in [0.3, 0.4) is 0 Å². The second kappa shape index (κ2) is 16.8. The van der Waals surface area contributed by atoms with Gasteiger partial charge in [-0.2, -0.15) is 0 Å². The van der Waals surface area contributed by atoms with E-state index in [1.165, 1.54) is 10.8 Å². The highest BCUT2D eigenvalue weighted by atomic mass is 15.0. The van der Waals surface area contributed by atoms with Crippen LogP contribution in [0.1, 0.15) is 0 Å². The summed E-state index contributed by atoms with van der Waals surface area (Å²) in [6, 6.07) is 62.1. The molecule has 10 rings (SSSR count). The number of hydrogen-bond acceptors (Lipinski definition) is 7. The minimum atomic E-state index is 0.684. The molecule has 8 heteroatoms. The molecule has 10 aromatic rings. The first-order valence-corrected chi connectivity index (χ1v) is 17.8. The molecule has 0 atom stereocenters. The van der Waals surface area contributed by atoms with Gasteiger partial charge in [-0.15, -0.1) is 0 Å². The van der Waals surface area contributed by atoms with Crippen LogP contribution in [0.2, 0.25) is 0 Å². The van der Waals surface area contributed by atoms with E-state index in [0.29, 0.717) is 29.1 Å². The molecule has 0 unspecified atom stereocenters. The van der Waals surface area contributed by atoms with E-state index >= 15 is 0 Å². The van der Waals surface area contributed by atoms with Gasteiger partial charge in [0.05, 0.1) is 0 Å². The Morgan fingerprint density at radius 3 is 1.07 bits per heavy atom. The third-order valence-electron chi connectivity index (χ3n) is 8.65. The van der Waals surface area contributed by atoms with Gasteiger partial charge in [0.25, 0.3) is 0 Å². The smallest absolute Gasteiger partial charge is 0.164 e. The average molecular weight is 711 g/mol. The fourth-order valence-corrected chi connectivity index (χ4v) is 5.95. The summed E-state index contributed by atoms with van der Waals surface area (Å²) in [7, 11) is 0. The molecule has 0 bridgehead atoms. The zero-order valence-electron chi connectivity index (χ0n) is 29.7. The zero-order chi connectivity index (χ0) is 37.1. The number of aromatic amines is 1. The van der Waals surface area contributed by atoms with Crippen LogP contribution in [0.4, 0.5) is 0 Å². The molecule has 0 aliphatic rings. The summed E-state index contributed by atoms with van der Waals surface area (Å²) in [6.45, 7) is 0. The number of para-hydroxylation sites is 1. The van der Waals surface area contributed by atoms with E-state index in [1.807, 2.05) is 170 Å². The van der Waals surface area contributed by atoms with Crippen LogP contribution in [0.25, 0.3) is 78.9 Å². The van der Waals surface area contributed by atoms with Gasteiger partial charge in [0.15, 0.2) is 29.1 Å². The van der Waals surface area contributed by atoms with Gasteiger partial charge in [0, 0.05) is 50.3 Å². The average Bonchev–Trinajstić information content (AvgIpc) is 3.67. The second-order valence-corrected chi connectivity index (χ2v) is 12.3. The number of nitrogens with one attached hydrogen (secondary N) is 1. The van der Waals surface area contributed by atoms with Crippen molar-refractivity contribution >= 4 is 21.9 Å². The van der Waals surface area contributed by atoms with Gasteiger partial charge in [0.2, 0.25) is 0 Å². The number of H-pyrrole nitrogens is 1. The normalized spacial score (nSPS) is 10.5. The van der Waals surface area contributed by atoms with E-state index in [4.69, 9.17) is 0 Å². The van der Waals surface area contributed by atoms with E-state index in [0.717, 1.165) is 39.0 Å². The number of fused-ring (bicyclic) bond motifs is 3. The van der Waals surface area contributed by atoms with Crippen molar-refractivity contribution in [1.82, 2.24) is 39.9 Å². The molecule has 0 fully saturated rings. The lowest BCUT2D eigenvalue weighted by Gasteiger charge is -2.08. The predicted octanol–water partition coefficient (Wildman–Crippen LogP) is 10.8. The summed E-state index contributed by atoms with van der Waals surface area (Å²) in [5, 5.41) is 2.43. The third-order valence-corrected chi connectivity index (χ3v) is 8.65. The first kappa shape index (κ1) is 34.4. The molecule has 0 saturated carbocycles. The second-order valence-electron chi connectivity index (χ2n) is 12.3. The van der Waals surface area contributed by atoms with E-state index in [-0.39, 0.29) is 0 Å². The number of hydrogen-bond donors (Lipinski definition) is 1. The Hall–Kier alpha value is -7.71.